The van der Waals surface area contributed by atoms with E-state index in [1.54, 1.807) is 0 Å². The summed E-state index contributed by atoms with van der Waals surface area (Å²) < 4.78 is 2.51. The molecular weight excluding hydrogens is 246 g/mol. The summed E-state index contributed by atoms with van der Waals surface area (Å²) >= 11 is 0. The molecule has 4 unspecified atom stereocenters. The van der Waals surface area contributed by atoms with Gasteiger partial charge in [0.2, 0.25) is 0 Å². The molecule has 0 radical (unpaired) electrons. The number of hydrogen-bond acceptors (Lipinski definition) is 1. The van der Waals surface area contributed by atoms with Crippen LogP contribution < -0.4 is 0 Å². The second-order valence-electron chi connectivity index (χ2n) is 7.86. The first-order valence-electron chi connectivity index (χ1n) is 8.30. The molecule has 1 aromatic heterocycles. The highest BCUT2D eigenvalue weighted by atomic mass is 16.3. The number of hydrogen-bond donors (Lipinski definition) is 1. The Balaban J connectivity index is 1.93. The van der Waals surface area contributed by atoms with Crippen molar-refractivity contribution < 1.29 is 5.11 Å². The molecule has 2 aliphatic carbocycles. The molecule has 0 aromatic carbocycles. The van der Waals surface area contributed by atoms with Crippen molar-refractivity contribution in [3.05, 3.63) is 23.5 Å². The summed E-state index contributed by atoms with van der Waals surface area (Å²) in [5.41, 5.74) is 2.81. The van der Waals surface area contributed by atoms with Crippen LogP contribution >= 0.6 is 0 Å². The number of aliphatic hydroxyl groups excluding tert-OH is 1. The fourth-order valence-electron chi connectivity index (χ4n) is 4.66. The van der Waals surface area contributed by atoms with E-state index in [9.17, 15) is 5.11 Å². The zero-order chi connectivity index (χ0) is 14.5. The minimum Gasteiger partial charge on any atom is -0.388 e. The van der Waals surface area contributed by atoms with Gasteiger partial charge < -0.3 is 9.67 Å². The molecule has 4 atom stereocenters. The first kappa shape index (κ1) is 14.2. The van der Waals surface area contributed by atoms with Crippen LogP contribution in [-0.4, -0.2) is 9.67 Å². The molecule has 0 spiro atoms. The average molecular weight is 275 g/mol. The molecule has 1 aromatic rings. The third-order valence-corrected chi connectivity index (χ3v) is 5.88. The monoisotopic (exact) mass is 275 g/mol. The largest absolute Gasteiger partial charge is 0.388 e. The summed E-state index contributed by atoms with van der Waals surface area (Å²) in [5.74, 6) is 1.64. The Kier molecular flexibility index (Phi) is 3.48. The van der Waals surface area contributed by atoms with Gasteiger partial charge in [-0.3, -0.25) is 0 Å². The van der Waals surface area contributed by atoms with Crippen molar-refractivity contribution >= 4 is 0 Å². The molecule has 0 bridgehead atoms. The van der Waals surface area contributed by atoms with Crippen LogP contribution in [0.25, 0.3) is 0 Å². The molecule has 112 valence electrons. The molecule has 0 saturated heterocycles. The summed E-state index contributed by atoms with van der Waals surface area (Å²) in [6.07, 6.45) is 7.94. The van der Waals surface area contributed by atoms with Crippen LogP contribution in [-0.2, 0) is 6.42 Å². The lowest BCUT2D eigenvalue weighted by Crippen LogP contribution is -2.28. The Morgan fingerprint density at radius 3 is 2.75 bits per heavy atom. The highest BCUT2D eigenvalue weighted by Crippen LogP contribution is 2.46. The van der Waals surface area contributed by atoms with Gasteiger partial charge in [0.05, 0.1) is 6.10 Å². The van der Waals surface area contributed by atoms with Crippen LogP contribution in [0.4, 0.5) is 0 Å². The Bertz CT molecular complexity index is 488. The van der Waals surface area contributed by atoms with Gasteiger partial charge in [-0.2, -0.15) is 0 Å². The van der Waals surface area contributed by atoms with E-state index in [1.807, 2.05) is 0 Å². The Morgan fingerprint density at radius 2 is 2.10 bits per heavy atom. The molecule has 20 heavy (non-hydrogen) atoms. The Labute approximate surface area is 123 Å². The van der Waals surface area contributed by atoms with Crippen molar-refractivity contribution in [1.29, 1.82) is 0 Å². The fraction of sp³-hybridized carbons (Fsp3) is 0.778. The normalized spacial score (nSPS) is 36.0. The molecule has 0 aliphatic heterocycles. The van der Waals surface area contributed by atoms with Gasteiger partial charge in [-0.05, 0) is 49.0 Å². The zero-order valence-corrected chi connectivity index (χ0v) is 13.4. The predicted molar refractivity (Wildman–Crippen MR) is 82.7 cm³/mol. The van der Waals surface area contributed by atoms with E-state index in [1.165, 1.54) is 30.5 Å². The van der Waals surface area contributed by atoms with Crippen molar-refractivity contribution in [3.8, 4) is 0 Å². The number of fused-ring (bicyclic) bond motifs is 1. The third kappa shape index (κ3) is 2.22. The number of aliphatic hydroxyl groups is 1. The molecule has 1 heterocycles. The predicted octanol–water partition coefficient (Wildman–Crippen LogP) is 4.49. The highest BCUT2D eigenvalue weighted by Gasteiger charge is 2.38. The van der Waals surface area contributed by atoms with Crippen molar-refractivity contribution in [2.75, 3.05) is 0 Å². The lowest BCUT2D eigenvalue weighted by molar-refractivity contribution is 0.0969. The average Bonchev–Trinajstić information content (AvgIpc) is 2.91. The molecule has 1 N–H and O–H groups in total. The topological polar surface area (TPSA) is 25.2 Å². The van der Waals surface area contributed by atoms with Gasteiger partial charge in [-0.15, -0.1) is 0 Å². The summed E-state index contributed by atoms with van der Waals surface area (Å²) in [6.45, 7) is 9.30. The molecule has 2 heteroatoms. The molecule has 3 rings (SSSR count). The summed E-state index contributed by atoms with van der Waals surface area (Å²) in [6, 6.07) is 2.81. The van der Waals surface area contributed by atoms with Crippen molar-refractivity contribution in [1.82, 2.24) is 4.57 Å². The minimum absolute atomic E-state index is 0.217. The zero-order valence-electron chi connectivity index (χ0n) is 13.4. The first-order valence-corrected chi connectivity index (χ1v) is 8.30. The smallest absolute Gasteiger partial charge is 0.0812 e. The van der Waals surface area contributed by atoms with E-state index in [-0.39, 0.29) is 11.5 Å². The fourth-order valence-corrected chi connectivity index (χ4v) is 4.66. The van der Waals surface area contributed by atoms with Gasteiger partial charge in [0, 0.05) is 23.5 Å². The highest BCUT2D eigenvalue weighted by molar-refractivity contribution is 5.30. The third-order valence-electron chi connectivity index (χ3n) is 5.88. The van der Waals surface area contributed by atoms with Crippen molar-refractivity contribution in [2.24, 2.45) is 17.3 Å². The van der Waals surface area contributed by atoms with Gasteiger partial charge in [-0.1, -0.05) is 34.1 Å². The van der Waals surface area contributed by atoms with Gasteiger partial charge >= 0.3 is 0 Å². The molecule has 0 amide bonds. The van der Waals surface area contributed by atoms with Crippen LogP contribution in [0, 0.1) is 17.3 Å². The number of rotatable bonds is 2. The minimum atomic E-state index is -0.270. The Morgan fingerprint density at radius 1 is 1.35 bits per heavy atom. The van der Waals surface area contributed by atoms with Crippen LogP contribution in [0.15, 0.2) is 12.3 Å². The quantitative estimate of drug-likeness (QED) is 0.845. The maximum absolute atomic E-state index is 10.4. The summed E-state index contributed by atoms with van der Waals surface area (Å²) in [4.78, 5) is 0. The lowest BCUT2D eigenvalue weighted by Gasteiger charge is -2.35. The molecule has 1 saturated carbocycles. The first-order chi connectivity index (χ1) is 9.43. The van der Waals surface area contributed by atoms with Crippen molar-refractivity contribution in [2.45, 2.75) is 71.9 Å². The van der Waals surface area contributed by atoms with E-state index < -0.39 is 0 Å². The van der Waals surface area contributed by atoms with Gasteiger partial charge in [-0.25, -0.2) is 0 Å². The Hall–Kier alpha value is -0.760. The maximum atomic E-state index is 10.4. The molecule has 2 nitrogen and oxygen atoms in total. The van der Waals surface area contributed by atoms with Gasteiger partial charge in [0.1, 0.15) is 0 Å². The van der Waals surface area contributed by atoms with Gasteiger partial charge in [0.15, 0.2) is 0 Å². The second-order valence-corrected chi connectivity index (χ2v) is 7.86. The number of nitrogens with zero attached hydrogens (tertiary/aromatic N) is 1. The lowest BCUT2D eigenvalue weighted by atomic mass is 9.75. The summed E-state index contributed by atoms with van der Waals surface area (Å²) in [7, 11) is 0. The summed E-state index contributed by atoms with van der Waals surface area (Å²) in [5, 5.41) is 10.4. The SMILES string of the molecule is CCC1CCC(n2ccc3c2CC(C)(C)CC3O)C1C. The van der Waals surface area contributed by atoms with E-state index in [0.29, 0.717) is 6.04 Å². The van der Waals surface area contributed by atoms with Gasteiger partial charge in [0.25, 0.3) is 0 Å². The molecule has 2 aliphatic rings. The number of aromatic nitrogens is 1. The standard InChI is InChI=1S/C18H29NO/c1-5-13-6-7-15(12(13)2)19-9-8-14-16(19)10-18(3,4)11-17(14)20/h8-9,12-13,15,17,20H,5-7,10-11H2,1-4H3. The van der Waals surface area contributed by atoms with E-state index in [0.717, 1.165) is 24.7 Å². The van der Waals surface area contributed by atoms with Crippen LogP contribution in [0.2, 0.25) is 0 Å². The van der Waals surface area contributed by atoms with E-state index >= 15 is 0 Å². The molecule has 1 fully saturated rings. The molecular formula is C18H29NO. The maximum Gasteiger partial charge on any atom is 0.0812 e. The second kappa shape index (κ2) is 4.91. The van der Waals surface area contributed by atoms with Crippen LogP contribution in [0.3, 0.4) is 0 Å². The van der Waals surface area contributed by atoms with E-state index in [2.05, 4.69) is 44.5 Å². The van der Waals surface area contributed by atoms with Crippen LogP contribution in [0.5, 0.6) is 0 Å². The van der Waals surface area contributed by atoms with Crippen molar-refractivity contribution in [3.63, 3.8) is 0 Å². The van der Waals surface area contributed by atoms with E-state index in [4.69, 9.17) is 0 Å². The van der Waals surface area contributed by atoms with Crippen LogP contribution in [0.1, 0.15) is 76.8 Å².